The third kappa shape index (κ3) is 22.3. The number of carbonyl (C=O) groups excluding carboxylic acids is 1. The zero-order valence-corrected chi connectivity index (χ0v) is 31.3. The number of hydrogen-bond acceptors (Lipinski definition) is 10. The van der Waals surface area contributed by atoms with Crippen molar-refractivity contribution in [1.82, 2.24) is 5.32 Å². The fourth-order valence-electron chi connectivity index (χ4n) is 5.68. The molecule has 0 aromatic carbocycles. The van der Waals surface area contributed by atoms with E-state index >= 15 is 0 Å². The summed E-state index contributed by atoms with van der Waals surface area (Å²) in [6.07, 6.45) is 22.2. The molecule has 292 valence electrons. The Morgan fingerprint density at radius 3 is 1.90 bits per heavy atom. The number of carbonyl (C=O) groups is 1. The Kier molecular flexibility index (Phi) is 26.7. The van der Waals surface area contributed by atoms with Crippen molar-refractivity contribution in [3.8, 4) is 0 Å². The van der Waals surface area contributed by atoms with Gasteiger partial charge in [0.05, 0.1) is 25.4 Å². The van der Waals surface area contributed by atoms with Crippen LogP contribution in [-0.4, -0.2) is 95.4 Å². The van der Waals surface area contributed by atoms with Gasteiger partial charge in [0.2, 0.25) is 5.91 Å². The highest BCUT2D eigenvalue weighted by Gasteiger charge is 2.48. The molecule has 1 aliphatic heterocycles. The Morgan fingerprint density at radius 1 is 0.800 bits per heavy atom. The highest BCUT2D eigenvalue weighted by atomic mass is 32.3. The number of hydrogen-bond donors (Lipinski definition) is 6. The molecule has 1 fully saturated rings. The van der Waals surface area contributed by atoms with E-state index < -0.39 is 59.9 Å². The molecule has 1 saturated heterocycles. The van der Waals surface area contributed by atoms with Crippen LogP contribution in [0.5, 0.6) is 0 Å². The van der Waals surface area contributed by atoms with Crippen LogP contribution in [0.15, 0.2) is 36.5 Å². The van der Waals surface area contributed by atoms with Crippen LogP contribution < -0.4 is 5.32 Å². The third-order valence-corrected chi connectivity index (χ3v) is 9.14. The van der Waals surface area contributed by atoms with Crippen molar-refractivity contribution in [3.05, 3.63) is 36.5 Å². The zero-order valence-electron chi connectivity index (χ0n) is 30.4. The Bertz CT molecular complexity index is 1050. The van der Waals surface area contributed by atoms with Crippen molar-refractivity contribution < 1.29 is 51.8 Å². The molecule has 1 rings (SSSR count). The molecule has 7 atom stereocenters. The van der Waals surface area contributed by atoms with Gasteiger partial charge < -0.3 is 35.2 Å². The molecule has 0 radical (unpaired) electrons. The summed E-state index contributed by atoms with van der Waals surface area (Å²) >= 11 is 0. The van der Waals surface area contributed by atoms with Gasteiger partial charge in [0.15, 0.2) is 6.29 Å². The Labute approximate surface area is 301 Å². The molecule has 7 unspecified atom stereocenters. The van der Waals surface area contributed by atoms with Gasteiger partial charge in [0.1, 0.15) is 24.4 Å². The van der Waals surface area contributed by atoms with Crippen molar-refractivity contribution >= 4 is 16.3 Å². The summed E-state index contributed by atoms with van der Waals surface area (Å²) in [5.74, 6) is -0.335. The van der Waals surface area contributed by atoms with Crippen LogP contribution in [0.4, 0.5) is 0 Å². The number of rotatable bonds is 30. The van der Waals surface area contributed by atoms with Crippen LogP contribution in [0.25, 0.3) is 0 Å². The van der Waals surface area contributed by atoms with Crippen molar-refractivity contribution in [2.24, 2.45) is 0 Å². The zero-order chi connectivity index (χ0) is 37.0. The molecule has 13 heteroatoms. The van der Waals surface area contributed by atoms with Crippen LogP contribution in [0.3, 0.4) is 0 Å². The van der Waals surface area contributed by atoms with Crippen LogP contribution >= 0.6 is 0 Å². The van der Waals surface area contributed by atoms with Gasteiger partial charge >= 0.3 is 10.4 Å². The maximum Gasteiger partial charge on any atom is 0.397 e. The molecular formula is C37H67NO11S. The minimum Gasteiger partial charge on any atom is -0.394 e. The Morgan fingerprint density at radius 2 is 1.34 bits per heavy atom. The minimum absolute atomic E-state index is 0.161. The normalized spacial score (nSPS) is 22.9. The number of allylic oxidation sites excluding steroid dienone is 5. The SMILES string of the molecule is CCCCCCCC/C=C\C/C=C\CCC(=O)NC(COC1OC(CO)C(O)C(OS(=O)(=O)O)C1O)C(O)/C=C/CCCCCCCCCC. The van der Waals surface area contributed by atoms with Crippen LogP contribution in [0.2, 0.25) is 0 Å². The molecule has 6 N–H and O–H groups in total. The quantitative estimate of drug-likeness (QED) is 0.0306. The van der Waals surface area contributed by atoms with E-state index in [0.717, 1.165) is 38.5 Å². The maximum atomic E-state index is 12.9. The lowest BCUT2D eigenvalue weighted by molar-refractivity contribution is -0.298. The fourth-order valence-corrected chi connectivity index (χ4v) is 6.19. The molecule has 50 heavy (non-hydrogen) atoms. The molecule has 0 spiro atoms. The lowest BCUT2D eigenvalue weighted by Crippen LogP contribution is -2.61. The van der Waals surface area contributed by atoms with E-state index in [1.165, 1.54) is 70.6 Å². The van der Waals surface area contributed by atoms with Crippen LogP contribution in [0.1, 0.15) is 136 Å². The van der Waals surface area contributed by atoms with Gasteiger partial charge in [-0.1, -0.05) is 127 Å². The topological polar surface area (TPSA) is 192 Å². The first-order valence-electron chi connectivity index (χ1n) is 18.9. The first kappa shape index (κ1) is 46.3. The number of amides is 1. The summed E-state index contributed by atoms with van der Waals surface area (Å²) in [6.45, 7) is 3.27. The number of ether oxygens (including phenoxy) is 2. The summed E-state index contributed by atoms with van der Waals surface area (Å²) in [6, 6.07) is -0.970. The Balaban J connectivity index is 2.70. The second-order valence-corrected chi connectivity index (χ2v) is 14.2. The van der Waals surface area contributed by atoms with Gasteiger partial charge in [-0.3, -0.25) is 9.35 Å². The second-order valence-electron chi connectivity index (χ2n) is 13.2. The standard InChI is InChI=1S/C37H67NO11S/c1-3-5-7-9-11-13-15-16-17-19-21-23-25-27-33(41)38-30(31(40)26-24-22-20-18-14-12-10-8-6-4-2)29-47-37-35(43)36(49-50(44,45)46)34(42)32(28-39)48-37/h16-17,21,23-24,26,30-32,34-37,39-40,42-43H,3-15,18-20,22,25,27-29H2,1-2H3,(H,38,41)(H,44,45,46)/b17-16-,23-21-,26-24+. The molecule has 0 aromatic rings. The number of nitrogens with one attached hydrogen (secondary N) is 1. The van der Waals surface area contributed by atoms with Crippen molar-refractivity contribution in [1.29, 1.82) is 0 Å². The molecule has 0 bridgehead atoms. The van der Waals surface area contributed by atoms with Crippen molar-refractivity contribution in [3.63, 3.8) is 0 Å². The Hall–Kier alpha value is -1.68. The van der Waals surface area contributed by atoms with Gasteiger partial charge in [-0.2, -0.15) is 8.42 Å². The average molecular weight is 734 g/mol. The number of unbranched alkanes of at least 4 members (excludes halogenated alkanes) is 14. The van der Waals surface area contributed by atoms with E-state index in [-0.39, 0.29) is 18.9 Å². The second kappa shape index (κ2) is 28.9. The highest BCUT2D eigenvalue weighted by Crippen LogP contribution is 2.26. The van der Waals surface area contributed by atoms with Gasteiger partial charge in [-0.25, -0.2) is 4.18 Å². The predicted octanol–water partition coefficient (Wildman–Crippen LogP) is 5.60. The summed E-state index contributed by atoms with van der Waals surface area (Å²) in [5.41, 5.74) is 0. The molecule has 0 aliphatic carbocycles. The summed E-state index contributed by atoms with van der Waals surface area (Å²) in [5, 5.41) is 44.3. The first-order valence-corrected chi connectivity index (χ1v) is 20.2. The number of aliphatic hydroxyl groups excluding tert-OH is 4. The molecule has 12 nitrogen and oxygen atoms in total. The molecule has 0 aromatic heterocycles. The van der Waals surface area contributed by atoms with E-state index in [2.05, 4.69) is 35.5 Å². The molecular weight excluding hydrogens is 666 g/mol. The first-order chi connectivity index (χ1) is 24.0. The van der Waals surface area contributed by atoms with Gasteiger partial charge in [-0.05, 0) is 38.5 Å². The van der Waals surface area contributed by atoms with Gasteiger partial charge in [0, 0.05) is 6.42 Å². The third-order valence-electron chi connectivity index (χ3n) is 8.68. The van der Waals surface area contributed by atoms with Crippen LogP contribution in [0, 0.1) is 0 Å². The molecule has 1 aliphatic rings. The van der Waals surface area contributed by atoms with E-state index in [1.54, 1.807) is 6.08 Å². The van der Waals surface area contributed by atoms with Crippen molar-refractivity contribution in [2.75, 3.05) is 13.2 Å². The lowest BCUT2D eigenvalue weighted by atomic mass is 9.99. The van der Waals surface area contributed by atoms with E-state index in [4.69, 9.17) is 14.0 Å². The summed E-state index contributed by atoms with van der Waals surface area (Å²) in [7, 11) is -5.08. The summed E-state index contributed by atoms with van der Waals surface area (Å²) in [4.78, 5) is 12.9. The predicted molar refractivity (Wildman–Crippen MR) is 195 cm³/mol. The molecule has 0 saturated carbocycles. The monoisotopic (exact) mass is 733 g/mol. The number of aliphatic hydroxyl groups is 4. The average Bonchev–Trinajstić information content (AvgIpc) is 3.08. The fraction of sp³-hybridized carbons (Fsp3) is 0.811. The highest BCUT2D eigenvalue weighted by molar-refractivity contribution is 7.80. The smallest absolute Gasteiger partial charge is 0.394 e. The largest absolute Gasteiger partial charge is 0.397 e. The maximum absolute atomic E-state index is 12.9. The van der Waals surface area contributed by atoms with E-state index in [0.29, 0.717) is 6.42 Å². The van der Waals surface area contributed by atoms with Crippen LogP contribution in [-0.2, 0) is 28.9 Å². The van der Waals surface area contributed by atoms with E-state index in [9.17, 15) is 33.6 Å². The van der Waals surface area contributed by atoms with E-state index in [1.807, 2.05) is 18.2 Å². The minimum atomic E-state index is -5.08. The van der Waals surface area contributed by atoms with Crippen molar-refractivity contribution in [2.45, 2.75) is 179 Å². The molecule has 1 heterocycles. The van der Waals surface area contributed by atoms with Gasteiger partial charge in [0.25, 0.3) is 0 Å². The van der Waals surface area contributed by atoms with Gasteiger partial charge in [-0.15, -0.1) is 0 Å². The molecule has 1 amide bonds. The summed E-state index contributed by atoms with van der Waals surface area (Å²) < 4.78 is 47.2. The lowest BCUT2D eigenvalue weighted by Gasteiger charge is -2.41.